The third kappa shape index (κ3) is 27.7. The molecule has 0 aliphatic heterocycles. The van der Waals surface area contributed by atoms with Gasteiger partial charge in [-0.3, -0.25) is 33.6 Å². The van der Waals surface area contributed by atoms with Crippen LogP contribution in [0.2, 0.25) is 0 Å². The summed E-state index contributed by atoms with van der Waals surface area (Å²) in [6, 6.07) is 117. The Morgan fingerprint density at radius 2 is 0.233 bits per heavy atom. The molecule has 0 heterocycles. The Balaban J connectivity index is 0.000000151. The summed E-state index contributed by atoms with van der Waals surface area (Å²) in [5.74, 6) is 11.2. The Morgan fingerprint density at radius 1 is 0.140 bits per heavy atom. The highest BCUT2D eigenvalue weighted by atomic mass is 16.5. The van der Waals surface area contributed by atoms with Gasteiger partial charge in [-0.25, -0.2) is 0 Å². The van der Waals surface area contributed by atoms with Crippen molar-refractivity contribution < 1.29 is 76.2 Å². The molecule has 16 rings (SSSR count). The number of carbonyl (C=O) groups is 7. The lowest BCUT2D eigenvalue weighted by Gasteiger charge is -2.09. The number of hydrogen-bond acceptors (Lipinski definition) is 16. The Labute approximate surface area is 751 Å². The fourth-order valence-corrected chi connectivity index (χ4v) is 12.5. The van der Waals surface area contributed by atoms with Gasteiger partial charge in [0.25, 0.3) is 0 Å². The lowest BCUT2D eigenvalue weighted by Crippen LogP contribution is -2.02. The van der Waals surface area contributed by atoms with Gasteiger partial charge in [-0.1, -0.05) is 125 Å². The number of ketones is 7. The summed E-state index contributed by atoms with van der Waals surface area (Å²) in [4.78, 5) is 84.3. The van der Waals surface area contributed by atoms with E-state index in [0.29, 0.717) is 107 Å². The zero-order chi connectivity index (χ0) is 91.1. The van der Waals surface area contributed by atoms with E-state index in [9.17, 15) is 33.6 Å². The molecule has 0 fully saturated rings. The number of methoxy groups -OCH3 is 2. The van der Waals surface area contributed by atoms with Gasteiger partial charge in [0.15, 0.2) is 40.5 Å². The molecule has 0 atom stereocenters. The maximum atomic E-state index is 13.0. The molecule has 0 unspecified atom stereocenters. The number of aryl methyl sites for hydroxylation is 5. The Morgan fingerprint density at radius 3 is 0.372 bits per heavy atom. The fourth-order valence-electron chi connectivity index (χ4n) is 12.5. The molecule has 0 aliphatic carbocycles. The second-order valence-corrected chi connectivity index (χ2v) is 29.9. The molecule has 0 amide bonds. The maximum Gasteiger partial charge on any atom is 0.193 e. The summed E-state index contributed by atoms with van der Waals surface area (Å²) >= 11 is 0. The summed E-state index contributed by atoms with van der Waals surface area (Å²) in [5, 5.41) is 0. The predicted molar refractivity (Wildman–Crippen MR) is 504 cm³/mol. The van der Waals surface area contributed by atoms with Crippen molar-refractivity contribution in [1.82, 2.24) is 0 Å². The van der Waals surface area contributed by atoms with Crippen molar-refractivity contribution in [3.8, 4) is 92.0 Å². The van der Waals surface area contributed by atoms with Crippen molar-refractivity contribution in [1.29, 1.82) is 0 Å². The number of hydrogen-bond donors (Lipinski definition) is 0. The van der Waals surface area contributed by atoms with E-state index in [4.69, 9.17) is 42.6 Å². The Hall–Kier alpha value is -16.6. The van der Waals surface area contributed by atoms with Gasteiger partial charge in [0.05, 0.1) is 14.2 Å². The lowest BCUT2D eigenvalue weighted by molar-refractivity contribution is 0.100. The van der Waals surface area contributed by atoms with E-state index in [1.54, 1.807) is 246 Å². The average Bonchev–Trinajstić information content (AvgIpc) is 0.850. The Kier molecular flexibility index (Phi) is 32.1. The van der Waals surface area contributed by atoms with Crippen LogP contribution in [0.1, 0.15) is 143 Å². The topological polar surface area (TPSA) is 203 Å². The normalized spacial score (nSPS) is 10.3. The molecule has 0 aromatic heterocycles. The Bertz CT molecular complexity index is 6260. The second kappa shape index (κ2) is 45.2. The van der Waals surface area contributed by atoms with Crippen LogP contribution in [-0.2, 0) is 0 Å². The largest absolute Gasteiger partial charge is 0.497 e. The van der Waals surface area contributed by atoms with Crippen molar-refractivity contribution in [3.63, 3.8) is 0 Å². The molecule has 0 N–H and O–H groups in total. The summed E-state index contributed by atoms with van der Waals surface area (Å²) in [5.41, 5.74) is 12.5. The van der Waals surface area contributed by atoms with Crippen LogP contribution in [0.4, 0.5) is 0 Å². The first-order chi connectivity index (χ1) is 62.4. The van der Waals surface area contributed by atoms with E-state index < -0.39 is 0 Å². The monoisotopic (exact) mass is 1710 g/mol. The number of rotatable bonds is 27. The molecule has 16 nitrogen and oxygen atoms in total. The minimum absolute atomic E-state index is 0.0282. The molecular weight excluding hydrogens is 1610 g/mol. The molecule has 0 aliphatic rings. The lowest BCUT2D eigenvalue weighted by atomic mass is 10.0. The zero-order valence-electron chi connectivity index (χ0n) is 73.0. The van der Waals surface area contributed by atoms with Gasteiger partial charge in [0, 0.05) is 61.2 Å². The van der Waals surface area contributed by atoms with Crippen LogP contribution in [0.5, 0.6) is 92.0 Å². The highest BCUT2D eigenvalue weighted by Crippen LogP contribution is 2.33. The van der Waals surface area contributed by atoms with Crippen LogP contribution in [0, 0.1) is 34.6 Å². The number of carbonyl (C=O) groups excluding carboxylic acids is 7. The van der Waals surface area contributed by atoms with Crippen LogP contribution in [0.25, 0.3) is 0 Å². The molecule has 16 heteroatoms. The smallest absolute Gasteiger partial charge is 0.193 e. The number of Topliss-reactive ketones (excluding diaryl/α,β-unsaturated/α-hetero) is 3. The van der Waals surface area contributed by atoms with Gasteiger partial charge in [-0.05, 0) is 347 Å². The van der Waals surface area contributed by atoms with E-state index >= 15 is 0 Å². The third-order valence-corrected chi connectivity index (χ3v) is 19.9. The number of ether oxygens (including phenoxy) is 9. The quantitative estimate of drug-likeness (QED) is 0.0439. The van der Waals surface area contributed by atoms with E-state index in [-0.39, 0.29) is 40.5 Å². The highest BCUT2D eigenvalue weighted by Gasteiger charge is 2.16. The zero-order valence-corrected chi connectivity index (χ0v) is 73.0. The van der Waals surface area contributed by atoms with E-state index in [2.05, 4.69) is 0 Å². The van der Waals surface area contributed by atoms with Gasteiger partial charge in [-0.15, -0.1) is 0 Å². The SMILES string of the molecule is CC(=O)c1ccc(C(=O)c2ccc(Oc3ccc(C(=O)c4ccc(Oc5ccc(C)cc5)cc4)cc3)cc2)cc1.CC(=O)c1ccc(Oc2ccc(Oc3ccc(C)cc3)cc2)cc1.CC(=O)c1ccc(Oc2ccc(Oc3ccc(C)cc3)cc2)cc1.COc1ccc(C(=O)c2ccc(C)cc2)cc1.COc1ccc(C(=O)c2ccc(Oc3ccc(C)cc3)cc2)cc1. The summed E-state index contributed by atoms with van der Waals surface area (Å²) in [6.45, 7) is 14.7. The van der Waals surface area contributed by atoms with Crippen molar-refractivity contribution in [2.45, 2.75) is 55.4 Å². The minimum atomic E-state index is -0.140. The van der Waals surface area contributed by atoms with Crippen LogP contribution in [-0.4, -0.2) is 54.7 Å². The molecular formula is C113H94O16. The molecule has 0 saturated heterocycles. The maximum absolute atomic E-state index is 13.0. The van der Waals surface area contributed by atoms with E-state index in [1.165, 1.54) is 23.6 Å². The predicted octanol–water partition coefficient (Wildman–Crippen LogP) is 28.1. The second-order valence-electron chi connectivity index (χ2n) is 29.9. The van der Waals surface area contributed by atoms with Crippen LogP contribution >= 0.6 is 0 Å². The molecule has 0 bridgehead atoms. The molecule has 129 heavy (non-hydrogen) atoms. The third-order valence-electron chi connectivity index (χ3n) is 19.9. The molecule has 16 aromatic rings. The van der Waals surface area contributed by atoms with Crippen molar-refractivity contribution >= 4 is 40.5 Å². The van der Waals surface area contributed by atoms with Gasteiger partial charge < -0.3 is 42.6 Å². The first-order valence-electron chi connectivity index (χ1n) is 41.4. The molecule has 0 saturated carbocycles. The van der Waals surface area contributed by atoms with Crippen LogP contribution in [0.15, 0.2) is 388 Å². The standard InChI is InChI=1S/C35H26O5.3C21H18O3.C15H14O2/c1-23-3-15-30(16-4-23)39-31-17-11-28(12-18-31)35(38)29-13-21-33(22-14-29)40-32-19-9-27(10-20-32)34(37)26-7-5-25(6-8-26)24(2)36;1-15-3-9-19(10-4-15)24-20-13-7-17(8-14-20)21(22)16-5-11-18(23-2)12-6-16;2*1-15-3-7-18(8-4-15)23-20-11-13-21(14-12-20)24-19-9-5-17(6-10-19)16(2)22;1-11-3-5-12(6-4-11)15(16)13-7-9-14(17-2)10-8-13/h3-22H,1-2H3;3*3-14H,1-2H3;3-10H,1-2H3. The molecule has 642 valence electrons. The van der Waals surface area contributed by atoms with Crippen molar-refractivity contribution in [2.24, 2.45) is 0 Å². The summed E-state index contributed by atoms with van der Waals surface area (Å²) < 4.78 is 50.8. The van der Waals surface area contributed by atoms with Gasteiger partial charge in [0.1, 0.15) is 92.0 Å². The van der Waals surface area contributed by atoms with E-state index in [0.717, 1.165) is 57.1 Å². The number of benzene rings is 16. The van der Waals surface area contributed by atoms with Gasteiger partial charge in [-0.2, -0.15) is 0 Å². The van der Waals surface area contributed by atoms with Crippen LogP contribution in [0.3, 0.4) is 0 Å². The average molecular weight is 1710 g/mol. The van der Waals surface area contributed by atoms with Gasteiger partial charge >= 0.3 is 0 Å². The molecule has 0 spiro atoms. The van der Waals surface area contributed by atoms with Crippen molar-refractivity contribution in [2.75, 3.05) is 14.2 Å². The first-order valence-corrected chi connectivity index (χ1v) is 41.4. The minimum Gasteiger partial charge on any atom is -0.497 e. The van der Waals surface area contributed by atoms with Crippen LogP contribution < -0.4 is 42.6 Å². The molecule has 16 aromatic carbocycles. The van der Waals surface area contributed by atoms with Crippen molar-refractivity contribution in [3.05, 3.63) is 477 Å². The van der Waals surface area contributed by atoms with Gasteiger partial charge in [0.2, 0.25) is 0 Å². The summed E-state index contributed by atoms with van der Waals surface area (Å²) in [7, 11) is 3.21. The summed E-state index contributed by atoms with van der Waals surface area (Å²) in [6.07, 6.45) is 0. The van der Waals surface area contributed by atoms with E-state index in [1.807, 2.05) is 204 Å². The first kappa shape index (κ1) is 91.6. The fraction of sp³-hybridized carbons (Fsp3) is 0.0885. The molecule has 0 radical (unpaired) electrons. The highest BCUT2D eigenvalue weighted by molar-refractivity contribution is 6.11.